The Kier molecular flexibility index (Phi) is 9.16. The molecule has 1 atom stereocenters. The van der Waals surface area contributed by atoms with E-state index in [0.717, 1.165) is 18.8 Å². The molecule has 1 unspecified atom stereocenters. The van der Waals surface area contributed by atoms with E-state index in [1.54, 1.807) is 0 Å². The van der Waals surface area contributed by atoms with E-state index >= 15 is 0 Å². The number of halogens is 3. The molecule has 0 aliphatic carbocycles. The summed E-state index contributed by atoms with van der Waals surface area (Å²) in [6, 6.07) is -1.42. The van der Waals surface area contributed by atoms with Gasteiger partial charge in [-0.2, -0.15) is 13.2 Å². The van der Waals surface area contributed by atoms with Gasteiger partial charge in [0, 0.05) is 45.9 Å². The smallest absolute Gasteiger partial charge is 0.396 e. The third-order valence-corrected chi connectivity index (χ3v) is 5.68. The van der Waals surface area contributed by atoms with Gasteiger partial charge in [0.2, 0.25) is 0 Å². The van der Waals surface area contributed by atoms with Crippen LogP contribution in [0.15, 0.2) is 4.99 Å². The van der Waals surface area contributed by atoms with Crippen molar-refractivity contribution in [2.75, 3.05) is 45.9 Å². The van der Waals surface area contributed by atoms with Crippen LogP contribution >= 0.6 is 0 Å². The van der Waals surface area contributed by atoms with Gasteiger partial charge in [0.15, 0.2) is 5.96 Å². The first-order chi connectivity index (χ1) is 12.2. The molecule has 0 aromatic heterocycles. The SMILES string of the molecule is CCNC(=NCC(CC)(CC)CCO)N1CCN(C(C)C(F)(F)F)CC1. The van der Waals surface area contributed by atoms with Crippen LogP contribution in [0.2, 0.25) is 0 Å². The van der Waals surface area contributed by atoms with Crippen LogP contribution in [0, 0.1) is 5.41 Å². The molecule has 26 heavy (non-hydrogen) atoms. The summed E-state index contributed by atoms with van der Waals surface area (Å²) in [6.07, 6.45) is -1.61. The molecule has 2 N–H and O–H groups in total. The lowest BCUT2D eigenvalue weighted by Gasteiger charge is -2.40. The number of guanidine groups is 1. The van der Waals surface area contributed by atoms with Gasteiger partial charge in [-0.1, -0.05) is 13.8 Å². The van der Waals surface area contributed by atoms with E-state index in [2.05, 4.69) is 19.2 Å². The number of nitrogens with one attached hydrogen (secondary N) is 1. The molecule has 0 radical (unpaired) electrons. The van der Waals surface area contributed by atoms with Crippen LogP contribution in [-0.4, -0.2) is 79.0 Å². The van der Waals surface area contributed by atoms with E-state index < -0.39 is 12.2 Å². The molecule has 0 amide bonds. The zero-order chi connectivity index (χ0) is 19.8. The highest BCUT2D eigenvalue weighted by Crippen LogP contribution is 2.31. The van der Waals surface area contributed by atoms with Gasteiger partial charge in [0.25, 0.3) is 0 Å². The van der Waals surface area contributed by atoms with Crippen molar-refractivity contribution in [1.29, 1.82) is 0 Å². The van der Waals surface area contributed by atoms with E-state index in [1.165, 1.54) is 11.8 Å². The lowest BCUT2D eigenvalue weighted by molar-refractivity contribution is -0.181. The fourth-order valence-corrected chi connectivity index (χ4v) is 3.34. The average molecular weight is 380 g/mol. The van der Waals surface area contributed by atoms with Crippen LogP contribution in [0.4, 0.5) is 13.2 Å². The molecule has 0 spiro atoms. The first-order valence-electron chi connectivity index (χ1n) is 9.67. The number of hydrogen-bond acceptors (Lipinski definition) is 3. The van der Waals surface area contributed by atoms with Gasteiger partial charge in [0.05, 0.1) is 0 Å². The molecule has 1 rings (SSSR count). The molecule has 0 bridgehead atoms. The van der Waals surface area contributed by atoms with Gasteiger partial charge in [0.1, 0.15) is 6.04 Å². The van der Waals surface area contributed by atoms with Gasteiger partial charge < -0.3 is 15.3 Å². The number of hydrogen-bond donors (Lipinski definition) is 2. The van der Waals surface area contributed by atoms with Gasteiger partial charge in [-0.25, -0.2) is 0 Å². The molecule has 154 valence electrons. The zero-order valence-corrected chi connectivity index (χ0v) is 16.6. The summed E-state index contributed by atoms with van der Waals surface area (Å²) >= 11 is 0. The van der Waals surface area contributed by atoms with Crippen LogP contribution < -0.4 is 5.32 Å². The van der Waals surface area contributed by atoms with E-state index in [1.807, 2.05) is 11.8 Å². The third-order valence-electron chi connectivity index (χ3n) is 5.68. The number of piperazine rings is 1. The predicted octanol–water partition coefficient (Wildman–Crippen LogP) is 2.71. The van der Waals surface area contributed by atoms with Gasteiger partial charge in [-0.15, -0.1) is 0 Å². The Balaban J connectivity index is 2.76. The van der Waals surface area contributed by atoms with Crippen LogP contribution in [0.3, 0.4) is 0 Å². The Bertz CT molecular complexity index is 431. The standard InChI is InChI=1S/C18H35F3N4O/c1-5-17(6-2,8-13-26)14-23-16(22-7-3)25-11-9-24(10-12-25)15(4)18(19,20)21/h15,26H,5-14H2,1-4H3,(H,22,23). The molecule has 1 saturated heterocycles. The number of rotatable bonds is 8. The number of aliphatic hydroxyl groups is 1. The van der Waals surface area contributed by atoms with Crippen molar-refractivity contribution in [3.63, 3.8) is 0 Å². The van der Waals surface area contributed by atoms with E-state index in [4.69, 9.17) is 4.99 Å². The topological polar surface area (TPSA) is 51.1 Å². The summed E-state index contributed by atoms with van der Waals surface area (Å²) < 4.78 is 38.7. The maximum atomic E-state index is 12.9. The molecule has 5 nitrogen and oxygen atoms in total. The second kappa shape index (κ2) is 10.3. The molecule has 0 aromatic carbocycles. The molecule has 1 heterocycles. The Morgan fingerprint density at radius 2 is 1.69 bits per heavy atom. The number of aliphatic imine (C=N–C) groups is 1. The second-order valence-electron chi connectivity index (χ2n) is 7.09. The highest BCUT2D eigenvalue weighted by Gasteiger charge is 2.41. The Labute approximate surface area is 155 Å². The van der Waals surface area contributed by atoms with Crippen molar-refractivity contribution >= 4 is 5.96 Å². The molecule has 1 aliphatic heterocycles. The third kappa shape index (κ3) is 6.30. The summed E-state index contributed by atoms with van der Waals surface area (Å²) in [5.41, 5.74) is -0.0258. The Hall–Kier alpha value is -1.02. The van der Waals surface area contributed by atoms with Crippen molar-refractivity contribution in [3.05, 3.63) is 0 Å². The fourth-order valence-electron chi connectivity index (χ4n) is 3.34. The largest absolute Gasteiger partial charge is 0.403 e. The maximum Gasteiger partial charge on any atom is 0.403 e. The lowest BCUT2D eigenvalue weighted by Crippen LogP contribution is -2.56. The minimum atomic E-state index is -4.19. The molecular weight excluding hydrogens is 345 g/mol. The minimum absolute atomic E-state index is 0.0258. The highest BCUT2D eigenvalue weighted by atomic mass is 19.4. The minimum Gasteiger partial charge on any atom is -0.396 e. The predicted molar refractivity (Wildman–Crippen MR) is 99.4 cm³/mol. The first kappa shape index (κ1) is 23.0. The van der Waals surface area contributed by atoms with Gasteiger partial charge >= 0.3 is 6.18 Å². The van der Waals surface area contributed by atoms with Crippen molar-refractivity contribution in [1.82, 2.24) is 15.1 Å². The van der Waals surface area contributed by atoms with E-state index in [-0.39, 0.29) is 12.0 Å². The molecule has 1 fully saturated rings. The second-order valence-corrected chi connectivity index (χ2v) is 7.09. The van der Waals surface area contributed by atoms with Gasteiger partial charge in [-0.05, 0) is 38.5 Å². The summed E-state index contributed by atoms with van der Waals surface area (Å²) in [7, 11) is 0. The highest BCUT2D eigenvalue weighted by molar-refractivity contribution is 5.80. The normalized spacial score (nSPS) is 18.9. The van der Waals surface area contributed by atoms with Crippen LogP contribution in [0.25, 0.3) is 0 Å². The molecule has 1 aliphatic rings. The summed E-state index contributed by atoms with van der Waals surface area (Å²) in [4.78, 5) is 8.29. The number of nitrogens with zero attached hydrogens (tertiary/aromatic N) is 3. The Morgan fingerprint density at radius 1 is 1.12 bits per heavy atom. The maximum absolute atomic E-state index is 12.9. The van der Waals surface area contributed by atoms with Crippen molar-refractivity contribution in [2.45, 2.75) is 59.2 Å². The molecule has 0 saturated carbocycles. The average Bonchev–Trinajstić information content (AvgIpc) is 2.63. The Morgan fingerprint density at radius 3 is 2.12 bits per heavy atom. The fraction of sp³-hybridized carbons (Fsp3) is 0.944. The first-order valence-corrected chi connectivity index (χ1v) is 9.67. The van der Waals surface area contributed by atoms with E-state index in [0.29, 0.717) is 45.7 Å². The number of alkyl halides is 3. The molecule has 8 heteroatoms. The molecular formula is C18H35F3N4O. The summed E-state index contributed by atoms with van der Waals surface area (Å²) in [5.74, 6) is 0.760. The van der Waals surface area contributed by atoms with E-state index in [9.17, 15) is 18.3 Å². The van der Waals surface area contributed by atoms with Crippen LogP contribution in [-0.2, 0) is 0 Å². The summed E-state index contributed by atoms with van der Waals surface area (Å²) in [6.45, 7) is 10.7. The summed E-state index contributed by atoms with van der Waals surface area (Å²) in [5, 5.41) is 12.6. The van der Waals surface area contributed by atoms with Crippen molar-refractivity contribution in [3.8, 4) is 0 Å². The van der Waals surface area contributed by atoms with Crippen LogP contribution in [0.5, 0.6) is 0 Å². The van der Waals surface area contributed by atoms with Crippen molar-refractivity contribution < 1.29 is 18.3 Å². The quantitative estimate of drug-likeness (QED) is 0.502. The lowest BCUT2D eigenvalue weighted by atomic mass is 9.79. The number of aliphatic hydroxyl groups excluding tert-OH is 1. The van der Waals surface area contributed by atoms with Crippen molar-refractivity contribution in [2.24, 2.45) is 10.4 Å². The zero-order valence-electron chi connectivity index (χ0n) is 16.6. The molecule has 0 aromatic rings. The monoisotopic (exact) mass is 380 g/mol. The van der Waals surface area contributed by atoms with Crippen LogP contribution in [0.1, 0.15) is 47.0 Å². The van der Waals surface area contributed by atoms with Gasteiger partial charge in [-0.3, -0.25) is 9.89 Å².